The standard InChI is InChI=1S/C21H24N6O6/c1-12-15(13(2)27-21(24-12)22-11-23-27)6-8-19(29)33-10-18(28)25-26-20(30)14-5-7-16(31-3)17(9-14)32-4/h5,7,9,11H,6,8,10H2,1-4H3,(H,25,28)(H,26,30). The third kappa shape index (κ3) is 5.53. The predicted molar refractivity (Wildman–Crippen MR) is 115 cm³/mol. The molecule has 0 aliphatic carbocycles. The molecule has 3 aromatic rings. The second-order valence-corrected chi connectivity index (χ2v) is 6.97. The number of rotatable bonds is 8. The summed E-state index contributed by atoms with van der Waals surface area (Å²) in [5, 5.41) is 4.11. The number of hydrogen-bond acceptors (Lipinski definition) is 9. The summed E-state index contributed by atoms with van der Waals surface area (Å²) < 4.78 is 16.8. The topological polar surface area (TPSA) is 146 Å². The monoisotopic (exact) mass is 456 g/mol. The first kappa shape index (κ1) is 23.4. The Morgan fingerprint density at radius 2 is 1.82 bits per heavy atom. The van der Waals surface area contributed by atoms with E-state index in [0.717, 1.165) is 17.0 Å². The van der Waals surface area contributed by atoms with Crippen LogP contribution in [0.5, 0.6) is 11.5 Å². The summed E-state index contributed by atoms with van der Waals surface area (Å²) in [7, 11) is 2.93. The fourth-order valence-corrected chi connectivity index (χ4v) is 3.17. The normalized spacial score (nSPS) is 10.5. The Labute approximate surface area is 189 Å². The average molecular weight is 456 g/mol. The van der Waals surface area contributed by atoms with Crippen LogP contribution < -0.4 is 20.3 Å². The van der Waals surface area contributed by atoms with Crippen LogP contribution in [0.15, 0.2) is 24.5 Å². The number of carbonyl (C=O) groups is 3. The maximum atomic E-state index is 12.2. The molecular weight excluding hydrogens is 432 g/mol. The molecule has 0 bridgehead atoms. The molecule has 2 N–H and O–H groups in total. The minimum Gasteiger partial charge on any atom is -0.493 e. The Bertz CT molecular complexity index is 1190. The second-order valence-electron chi connectivity index (χ2n) is 6.97. The van der Waals surface area contributed by atoms with Gasteiger partial charge in [-0.3, -0.25) is 25.2 Å². The summed E-state index contributed by atoms with van der Waals surface area (Å²) in [5.74, 6) is -0.494. The molecule has 0 unspecified atom stereocenters. The highest BCUT2D eigenvalue weighted by atomic mass is 16.5. The van der Waals surface area contributed by atoms with Gasteiger partial charge in [-0.15, -0.1) is 0 Å². The number of carbonyl (C=O) groups excluding carboxylic acids is 3. The number of amides is 2. The highest BCUT2D eigenvalue weighted by molar-refractivity contribution is 5.96. The van der Waals surface area contributed by atoms with Crippen molar-refractivity contribution >= 4 is 23.6 Å². The van der Waals surface area contributed by atoms with Gasteiger partial charge in [0.1, 0.15) is 6.33 Å². The van der Waals surface area contributed by atoms with Gasteiger partial charge in [-0.2, -0.15) is 10.1 Å². The minimum absolute atomic E-state index is 0.0504. The van der Waals surface area contributed by atoms with Crippen LogP contribution in [0.2, 0.25) is 0 Å². The quantitative estimate of drug-likeness (QED) is 0.369. The molecule has 12 heteroatoms. The van der Waals surface area contributed by atoms with E-state index >= 15 is 0 Å². The highest BCUT2D eigenvalue weighted by Gasteiger charge is 2.15. The Balaban J connectivity index is 1.45. The smallest absolute Gasteiger partial charge is 0.306 e. The number of hydrogen-bond donors (Lipinski definition) is 2. The SMILES string of the molecule is COc1ccc(C(=O)NNC(=O)COC(=O)CCc2c(C)nc3ncnn3c2C)cc1OC. The van der Waals surface area contributed by atoms with Crippen molar-refractivity contribution in [1.82, 2.24) is 30.4 Å². The number of hydrazine groups is 1. The van der Waals surface area contributed by atoms with Crippen molar-refractivity contribution in [2.75, 3.05) is 20.8 Å². The molecule has 33 heavy (non-hydrogen) atoms. The van der Waals surface area contributed by atoms with Gasteiger partial charge in [0.15, 0.2) is 18.1 Å². The van der Waals surface area contributed by atoms with Crippen LogP contribution in [0.4, 0.5) is 0 Å². The van der Waals surface area contributed by atoms with E-state index in [0.29, 0.717) is 23.7 Å². The number of nitrogens with one attached hydrogen (secondary N) is 2. The van der Waals surface area contributed by atoms with Crippen LogP contribution in [0, 0.1) is 13.8 Å². The largest absolute Gasteiger partial charge is 0.493 e. The lowest BCUT2D eigenvalue weighted by Crippen LogP contribution is -2.43. The molecule has 1 aromatic carbocycles. The number of benzene rings is 1. The Kier molecular flexibility index (Phi) is 7.38. The molecular formula is C21H24N6O6. The van der Waals surface area contributed by atoms with Gasteiger partial charge in [0, 0.05) is 23.4 Å². The fourth-order valence-electron chi connectivity index (χ4n) is 3.17. The van der Waals surface area contributed by atoms with E-state index in [1.165, 1.54) is 32.7 Å². The molecule has 174 valence electrons. The van der Waals surface area contributed by atoms with Crippen molar-refractivity contribution < 1.29 is 28.6 Å². The zero-order valence-electron chi connectivity index (χ0n) is 18.7. The molecule has 0 aliphatic rings. The van der Waals surface area contributed by atoms with Crippen molar-refractivity contribution in [2.24, 2.45) is 0 Å². The second kappa shape index (κ2) is 10.4. The van der Waals surface area contributed by atoms with E-state index in [4.69, 9.17) is 14.2 Å². The number of esters is 1. The summed E-state index contributed by atoms with van der Waals surface area (Å²) >= 11 is 0. The summed E-state index contributed by atoms with van der Waals surface area (Å²) in [4.78, 5) is 44.6. The molecule has 0 saturated carbocycles. The summed E-state index contributed by atoms with van der Waals surface area (Å²) in [6.45, 7) is 3.16. The lowest BCUT2D eigenvalue weighted by molar-refractivity contribution is -0.148. The lowest BCUT2D eigenvalue weighted by atomic mass is 10.1. The van der Waals surface area contributed by atoms with Crippen molar-refractivity contribution in [1.29, 1.82) is 0 Å². The van der Waals surface area contributed by atoms with Crippen molar-refractivity contribution in [3.63, 3.8) is 0 Å². The number of methoxy groups -OCH3 is 2. The van der Waals surface area contributed by atoms with Crippen LogP contribution in [0.3, 0.4) is 0 Å². The van der Waals surface area contributed by atoms with Crippen molar-refractivity contribution in [3.8, 4) is 11.5 Å². The third-order valence-electron chi connectivity index (χ3n) is 4.89. The molecule has 2 heterocycles. The van der Waals surface area contributed by atoms with Gasteiger partial charge >= 0.3 is 5.97 Å². The van der Waals surface area contributed by atoms with E-state index < -0.39 is 24.4 Å². The van der Waals surface area contributed by atoms with Gasteiger partial charge in [0.25, 0.3) is 17.6 Å². The molecule has 12 nitrogen and oxygen atoms in total. The average Bonchev–Trinajstić information content (AvgIpc) is 3.29. The Morgan fingerprint density at radius 3 is 2.55 bits per heavy atom. The van der Waals surface area contributed by atoms with E-state index in [1.807, 2.05) is 13.8 Å². The summed E-state index contributed by atoms with van der Waals surface area (Å²) in [5.41, 5.74) is 7.12. The highest BCUT2D eigenvalue weighted by Crippen LogP contribution is 2.27. The Hall–Kier alpha value is -4.22. The number of aromatic nitrogens is 4. The maximum absolute atomic E-state index is 12.2. The molecule has 0 saturated heterocycles. The molecule has 0 fully saturated rings. The van der Waals surface area contributed by atoms with Crippen LogP contribution in [-0.2, 0) is 20.7 Å². The number of ether oxygens (including phenoxy) is 3. The molecule has 0 atom stereocenters. The van der Waals surface area contributed by atoms with Gasteiger partial charge in [0.2, 0.25) is 0 Å². The molecule has 0 radical (unpaired) electrons. The summed E-state index contributed by atoms with van der Waals surface area (Å²) in [6.07, 6.45) is 1.83. The first-order valence-electron chi connectivity index (χ1n) is 9.96. The van der Waals surface area contributed by atoms with Gasteiger partial charge in [-0.05, 0) is 44.0 Å². The van der Waals surface area contributed by atoms with E-state index in [9.17, 15) is 14.4 Å². The van der Waals surface area contributed by atoms with Gasteiger partial charge in [-0.25, -0.2) is 9.50 Å². The first-order valence-corrected chi connectivity index (χ1v) is 9.96. The zero-order chi connectivity index (χ0) is 24.0. The lowest BCUT2D eigenvalue weighted by Gasteiger charge is -2.11. The van der Waals surface area contributed by atoms with E-state index in [2.05, 4.69) is 25.9 Å². The van der Waals surface area contributed by atoms with Crippen LogP contribution in [0.1, 0.15) is 33.7 Å². The van der Waals surface area contributed by atoms with Gasteiger partial charge in [-0.1, -0.05) is 0 Å². The maximum Gasteiger partial charge on any atom is 0.306 e. The number of nitrogens with zero attached hydrogens (tertiary/aromatic N) is 4. The van der Waals surface area contributed by atoms with Crippen LogP contribution in [0.25, 0.3) is 5.78 Å². The molecule has 2 amide bonds. The van der Waals surface area contributed by atoms with Crippen molar-refractivity contribution in [3.05, 3.63) is 47.0 Å². The van der Waals surface area contributed by atoms with Crippen LogP contribution >= 0.6 is 0 Å². The first-order chi connectivity index (χ1) is 15.8. The number of fused-ring (bicyclic) bond motifs is 1. The predicted octanol–water partition coefficient (Wildman–Crippen LogP) is 0.695. The molecule has 3 rings (SSSR count). The minimum atomic E-state index is -0.685. The van der Waals surface area contributed by atoms with Gasteiger partial charge < -0.3 is 14.2 Å². The summed E-state index contributed by atoms with van der Waals surface area (Å²) in [6, 6.07) is 4.55. The molecule has 2 aromatic heterocycles. The Morgan fingerprint density at radius 1 is 1.06 bits per heavy atom. The molecule has 0 spiro atoms. The van der Waals surface area contributed by atoms with E-state index in [-0.39, 0.29) is 12.0 Å². The number of aryl methyl sites for hydroxylation is 2. The van der Waals surface area contributed by atoms with E-state index in [1.54, 1.807) is 10.6 Å². The van der Waals surface area contributed by atoms with Crippen molar-refractivity contribution in [2.45, 2.75) is 26.7 Å². The zero-order valence-corrected chi connectivity index (χ0v) is 18.7. The van der Waals surface area contributed by atoms with Crippen LogP contribution in [-0.4, -0.2) is 58.2 Å². The third-order valence-corrected chi connectivity index (χ3v) is 4.89. The molecule has 0 aliphatic heterocycles. The van der Waals surface area contributed by atoms with Gasteiger partial charge in [0.05, 0.1) is 14.2 Å². The fraction of sp³-hybridized carbons (Fsp3) is 0.333.